The van der Waals surface area contributed by atoms with Gasteiger partial charge in [0.1, 0.15) is 11.3 Å². The molecule has 4 heteroatoms. The Morgan fingerprint density at radius 1 is 1.20 bits per heavy atom. The molecule has 74 valence electrons. The van der Waals surface area contributed by atoms with Crippen LogP contribution >= 0.6 is 0 Å². The van der Waals surface area contributed by atoms with Crippen molar-refractivity contribution in [3.63, 3.8) is 0 Å². The van der Waals surface area contributed by atoms with Gasteiger partial charge in [-0.3, -0.25) is 0 Å². The van der Waals surface area contributed by atoms with Crippen molar-refractivity contribution in [3.8, 4) is 11.4 Å². The Balaban J connectivity index is 2.20. The second-order valence-electron chi connectivity index (χ2n) is 3.46. The summed E-state index contributed by atoms with van der Waals surface area (Å²) in [7, 11) is 1.89. The van der Waals surface area contributed by atoms with Crippen LogP contribution in [0.5, 0.6) is 0 Å². The number of H-pyrrole nitrogens is 1. The van der Waals surface area contributed by atoms with Crippen molar-refractivity contribution in [2.75, 3.05) is 0 Å². The van der Waals surface area contributed by atoms with Crippen LogP contribution in [0.1, 0.15) is 0 Å². The first kappa shape index (κ1) is 8.23. The van der Waals surface area contributed by atoms with Gasteiger partial charge in [-0.1, -0.05) is 30.3 Å². The van der Waals surface area contributed by atoms with Crippen molar-refractivity contribution in [1.29, 1.82) is 0 Å². The van der Waals surface area contributed by atoms with E-state index < -0.39 is 0 Å². The van der Waals surface area contributed by atoms with E-state index >= 15 is 0 Å². The van der Waals surface area contributed by atoms with Gasteiger partial charge in [0.2, 0.25) is 0 Å². The molecule has 1 N–H and O–H groups in total. The van der Waals surface area contributed by atoms with Gasteiger partial charge in [-0.05, 0) is 0 Å². The van der Waals surface area contributed by atoms with E-state index in [4.69, 9.17) is 0 Å². The van der Waals surface area contributed by atoms with Crippen molar-refractivity contribution in [3.05, 3.63) is 36.5 Å². The highest BCUT2D eigenvalue weighted by molar-refractivity contribution is 5.75. The second kappa shape index (κ2) is 2.95. The van der Waals surface area contributed by atoms with Crippen molar-refractivity contribution < 1.29 is 0 Å². The number of rotatable bonds is 1. The zero-order valence-electron chi connectivity index (χ0n) is 8.31. The average Bonchev–Trinajstić information content (AvgIpc) is 2.83. The molecule has 0 saturated carbocycles. The highest BCUT2D eigenvalue weighted by Gasteiger charge is 2.07. The minimum absolute atomic E-state index is 0.883. The fourth-order valence-electron chi connectivity index (χ4n) is 1.65. The first-order valence-corrected chi connectivity index (χ1v) is 4.78. The lowest BCUT2D eigenvalue weighted by atomic mass is 10.2. The highest BCUT2D eigenvalue weighted by Crippen LogP contribution is 2.18. The fraction of sp³-hybridized carbons (Fsp3) is 0.0909. The summed E-state index contributed by atoms with van der Waals surface area (Å²) in [6.45, 7) is 0. The summed E-state index contributed by atoms with van der Waals surface area (Å²) in [5.41, 5.74) is 2.94. The number of aromatic nitrogens is 4. The minimum atomic E-state index is 0.883. The summed E-state index contributed by atoms with van der Waals surface area (Å²) in [6, 6.07) is 10.1. The second-order valence-corrected chi connectivity index (χ2v) is 3.46. The Hall–Kier alpha value is -2.10. The molecule has 2 aromatic heterocycles. The monoisotopic (exact) mass is 198 g/mol. The molecular weight excluding hydrogens is 188 g/mol. The SMILES string of the molecule is Cn1ncc2[nH]c(-c3ccccc3)nc21. The maximum absolute atomic E-state index is 4.49. The number of aromatic amines is 1. The number of nitrogens with zero attached hydrogens (tertiary/aromatic N) is 3. The molecule has 0 aliphatic rings. The molecule has 3 aromatic rings. The Labute approximate surface area is 86.6 Å². The van der Waals surface area contributed by atoms with Crippen LogP contribution in [0.3, 0.4) is 0 Å². The largest absolute Gasteiger partial charge is 0.335 e. The molecule has 15 heavy (non-hydrogen) atoms. The molecule has 4 nitrogen and oxygen atoms in total. The van der Waals surface area contributed by atoms with Crippen LogP contribution in [0.4, 0.5) is 0 Å². The summed E-state index contributed by atoms with van der Waals surface area (Å²) in [5.74, 6) is 0.888. The standard InChI is InChI=1S/C11H10N4/c1-15-11-9(7-12-15)13-10(14-11)8-5-3-2-4-6-8/h2-7H,1H3,(H,13,14). The smallest absolute Gasteiger partial charge is 0.176 e. The van der Waals surface area contributed by atoms with E-state index in [-0.39, 0.29) is 0 Å². The maximum Gasteiger partial charge on any atom is 0.176 e. The van der Waals surface area contributed by atoms with Crippen LogP contribution in [-0.2, 0) is 7.05 Å². The first-order valence-electron chi connectivity index (χ1n) is 4.78. The quantitative estimate of drug-likeness (QED) is 0.649. The Morgan fingerprint density at radius 2 is 2.00 bits per heavy atom. The summed E-state index contributed by atoms with van der Waals surface area (Å²) in [4.78, 5) is 7.73. The Bertz CT molecular complexity index is 591. The molecule has 0 bridgehead atoms. The van der Waals surface area contributed by atoms with Crippen LogP contribution in [-0.4, -0.2) is 19.7 Å². The topological polar surface area (TPSA) is 46.5 Å². The molecule has 1 aromatic carbocycles. The van der Waals surface area contributed by atoms with Crippen molar-refractivity contribution in [2.45, 2.75) is 0 Å². The van der Waals surface area contributed by atoms with Gasteiger partial charge in [0.15, 0.2) is 5.65 Å². The van der Waals surface area contributed by atoms with Gasteiger partial charge in [-0.25, -0.2) is 9.67 Å². The number of nitrogens with one attached hydrogen (secondary N) is 1. The third-order valence-corrected chi connectivity index (χ3v) is 2.43. The molecule has 0 aliphatic carbocycles. The third kappa shape index (κ3) is 1.22. The first-order chi connectivity index (χ1) is 7.34. The van der Waals surface area contributed by atoms with Gasteiger partial charge in [0.25, 0.3) is 0 Å². The van der Waals surface area contributed by atoms with Crippen LogP contribution < -0.4 is 0 Å². The van der Waals surface area contributed by atoms with Gasteiger partial charge < -0.3 is 4.98 Å². The summed E-state index contributed by atoms with van der Waals surface area (Å²) >= 11 is 0. The number of hydrogen-bond acceptors (Lipinski definition) is 2. The van der Waals surface area contributed by atoms with Gasteiger partial charge in [0.05, 0.1) is 6.20 Å². The van der Waals surface area contributed by atoms with Crippen molar-refractivity contribution in [1.82, 2.24) is 19.7 Å². The van der Waals surface area contributed by atoms with Crippen LogP contribution in [0, 0.1) is 0 Å². The Kier molecular flexibility index (Phi) is 1.62. The molecule has 0 atom stereocenters. The molecule has 0 spiro atoms. The van der Waals surface area contributed by atoms with Gasteiger partial charge in [-0.15, -0.1) is 0 Å². The van der Waals surface area contributed by atoms with Gasteiger partial charge in [-0.2, -0.15) is 5.10 Å². The van der Waals surface area contributed by atoms with E-state index in [1.165, 1.54) is 0 Å². The molecule has 2 heterocycles. The number of benzene rings is 1. The summed E-state index contributed by atoms with van der Waals surface area (Å²) < 4.78 is 1.76. The number of aryl methyl sites for hydroxylation is 1. The Morgan fingerprint density at radius 3 is 2.73 bits per heavy atom. The number of hydrogen-bond donors (Lipinski definition) is 1. The van der Waals surface area contributed by atoms with E-state index in [0.29, 0.717) is 0 Å². The molecule has 0 amide bonds. The van der Waals surface area contributed by atoms with E-state index in [2.05, 4.69) is 15.1 Å². The third-order valence-electron chi connectivity index (χ3n) is 2.43. The molecule has 3 rings (SSSR count). The zero-order valence-corrected chi connectivity index (χ0v) is 8.31. The van der Waals surface area contributed by atoms with Gasteiger partial charge >= 0.3 is 0 Å². The lowest BCUT2D eigenvalue weighted by Crippen LogP contribution is -1.89. The van der Waals surface area contributed by atoms with Crippen LogP contribution in [0.15, 0.2) is 36.5 Å². The summed E-state index contributed by atoms with van der Waals surface area (Å²) in [5, 5.41) is 4.11. The summed E-state index contributed by atoms with van der Waals surface area (Å²) in [6.07, 6.45) is 1.79. The predicted molar refractivity (Wildman–Crippen MR) is 58.3 cm³/mol. The molecule has 0 saturated heterocycles. The highest BCUT2D eigenvalue weighted by atomic mass is 15.3. The average molecular weight is 198 g/mol. The van der Waals surface area contributed by atoms with E-state index in [0.717, 1.165) is 22.6 Å². The van der Waals surface area contributed by atoms with E-state index in [1.807, 2.05) is 37.4 Å². The molecule has 0 aliphatic heterocycles. The minimum Gasteiger partial charge on any atom is -0.335 e. The van der Waals surface area contributed by atoms with E-state index in [1.54, 1.807) is 10.9 Å². The molecule has 0 fully saturated rings. The lowest BCUT2D eigenvalue weighted by molar-refractivity contribution is 0.787. The van der Waals surface area contributed by atoms with Gasteiger partial charge in [0, 0.05) is 12.6 Å². The van der Waals surface area contributed by atoms with Crippen LogP contribution in [0.2, 0.25) is 0 Å². The van der Waals surface area contributed by atoms with E-state index in [9.17, 15) is 0 Å². The molecule has 0 unspecified atom stereocenters. The fourth-order valence-corrected chi connectivity index (χ4v) is 1.65. The number of fused-ring (bicyclic) bond motifs is 1. The zero-order chi connectivity index (χ0) is 10.3. The number of imidazole rings is 1. The van der Waals surface area contributed by atoms with Crippen molar-refractivity contribution in [2.24, 2.45) is 7.05 Å². The lowest BCUT2D eigenvalue weighted by Gasteiger charge is -1.94. The maximum atomic E-state index is 4.49. The van der Waals surface area contributed by atoms with Crippen molar-refractivity contribution >= 4 is 11.2 Å². The predicted octanol–water partition coefficient (Wildman–Crippen LogP) is 1.96. The molecular formula is C11H10N4. The normalized spacial score (nSPS) is 11.0. The molecule has 0 radical (unpaired) electrons. The van der Waals surface area contributed by atoms with Crippen LogP contribution in [0.25, 0.3) is 22.6 Å².